The van der Waals surface area contributed by atoms with Crippen molar-refractivity contribution in [1.82, 2.24) is 14.7 Å². The smallest absolute Gasteiger partial charge is 0.266 e. The first kappa shape index (κ1) is 15.8. The normalized spacial score (nSPS) is 16.0. The van der Waals surface area contributed by atoms with Crippen LogP contribution in [0.5, 0.6) is 0 Å². The Morgan fingerprint density at radius 1 is 1.08 bits per heavy atom. The van der Waals surface area contributed by atoms with Crippen LogP contribution < -0.4 is 5.56 Å². The van der Waals surface area contributed by atoms with Crippen molar-refractivity contribution in [2.45, 2.75) is 19.4 Å². The maximum absolute atomic E-state index is 11.8. The molecular formula is C20H21N3O2. The summed E-state index contributed by atoms with van der Waals surface area (Å²) in [5.41, 5.74) is 5.66. The second-order valence-corrected chi connectivity index (χ2v) is 6.42. The molecule has 1 N–H and O–H groups in total. The SMILES string of the molecule is O=c1ccc(-c2ccc3c(c2)CCN(C2=CC=C2)CC3)nn1CCO. The molecule has 128 valence electrons. The number of hydrogen-bond donors (Lipinski definition) is 1. The van der Waals surface area contributed by atoms with Gasteiger partial charge in [-0.05, 0) is 48.3 Å². The molecule has 5 nitrogen and oxygen atoms in total. The van der Waals surface area contributed by atoms with Crippen molar-refractivity contribution in [2.24, 2.45) is 0 Å². The largest absolute Gasteiger partial charge is 0.394 e. The van der Waals surface area contributed by atoms with Crippen LogP contribution in [0.3, 0.4) is 0 Å². The third-order valence-electron chi connectivity index (χ3n) is 4.88. The minimum Gasteiger partial charge on any atom is -0.394 e. The van der Waals surface area contributed by atoms with Crippen LogP contribution in [-0.4, -0.2) is 39.5 Å². The third kappa shape index (κ3) is 3.15. The molecule has 0 spiro atoms. The third-order valence-corrected chi connectivity index (χ3v) is 4.88. The Kier molecular flexibility index (Phi) is 4.24. The fourth-order valence-electron chi connectivity index (χ4n) is 3.39. The van der Waals surface area contributed by atoms with Crippen LogP contribution in [0.4, 0.5) is 0 Å². The van der Waals surface area contributed by atoms with Crippen LogP contribution in [0, 0.1) is 0 Å². The van der Waals surface area contributed by atoms with Crippen molar-refractivity contribution in [3.8, 4) is 11.3 Å². The van der Waals surface area contributed by atoms with Gasteiger partial charge in [0.1, 0.15) is 0 Å². The molecule has 0 unspecified atom stereocenters. The number of rotatable bonds is 4. The highest BCUT2D eigenvalue weighted by molar-refractivity contribution is 5.60. The highest BCUT2D eigenvalue weighted by Gasteiger charge is 2.17. The Bertz CT molecular complexity index is 911. The van der Waals surface area contributed by atoms with Gasteiger partial charge in [0.25, 0.3) is 5.56 Å². The average molecular weight is 335 g/mol. The van der Waals surface area contributed by atoms with Crippen molar-refractivity contribution < 1.29 is 5.11 Å². The Balaban J connectivity index is 1.61. The van der Waals surface area contributed by atoms with E-state index in [2.05, 4.69) is 46.4 Å². The summed E-state index contributed by atoms with van der Waals surface area (Å²) in [6.45, 7) is 2.18. The van der Waals surface area contributed by atoms with Crippen LogP contribution in [0.15, 0.2) is 59.1 Å². The molecule has 0 radical (unpaired) electrons. The molecule has 0 bridgehead atoms. The van der Waals surface area contributed by atoms with Gasteiger partial charge in [-0.3, -0.25) is 4.79 Å². The molecule has 0 fully saturated rings. The molecule has 1 aromatic heterocycles. The topological polar surface area (TPSA) is 58.4 Å². The van der Waals surface area contributed by atoms with Crippen molar-refractivity contribution in [3.63, 3.8) is 0 Å². The van der Waals surface area contributed by atoms with E-state index < -0.39 is 0 Å². The fraction of sp³-hybridized carbons (Fsp3) is 0.300. The van der Waals surface area contributed by atoms with Gasteiger partial charge in [0.2, 0.25) is 0 Å². The predicted molar refractivity (Wildman–Crippen MR) is 97.2 cm³/mol. The number of allylic oxidation sites excluding steroid dienone is 3. The first-order chi connectivity index (χ1) is 12.2. The van der Waals surface area contributed by atoms with Gasteiger partial charge in [0.15, 0.2) is 0 Å². The summed E-state index contributed by atoms with van der Waals surface area (Å²) in [5.74, 6) is 0. The molecule has 2 aliphatic rings. The molecule has 1 aromatic carbocycles. The molecule has 0 saturated carbocycles. The highest BCUT2D eigenvalue weighted by Crippen LogP contribution is 2.25. The van der Waals surface area contributed by atoms with Gasteiger partial charge >= 0.3 is 0 Å². The first-order valence-corrected chi connectivity index (χ1v) is 8.69. The summed E-state index contributed by atoms with van der Waals surface area (Å²) in [7, 11) is 0. The van der Waals surface area contributed by atoms with Crippen molar-refractivity contribution in [1.29, 1.82) is 0 Å². The highest BCUT2D eigenvalue weighted by atomic mass is 16.3. The van der Waals surface area contributed by atoms with E-state index in [1.165, 1.54) is 27.6 Å². The molecule has 2 heterocycles. The van der Waals surface area contributed by atoms with E-state index in [9.17, 15) is 4.79 Å². The number of fused-ring (bicyclic) bond motifs is 1. The van der Waals surface area contributed by atoms with E-state index in [0.29, 0.717) is 0 Å². The van der Waals surface area contributed by atoms with Gasteiger partial charge in [0, 0.05) is 30.4 Å². The monoisotopic (exact) mass is 335 g/mol. The molecular weight excluding hydrogens is 314 g/mol. The summed E-state index contributed by atoms with van der Waals surface area (Å²) in [6.07, 6.45) is 8.45. The van der Waals surface area contributed by atoms with Crippen LogP contribution in [0.25, 0.3) is 11.3 Å². The maximum atomic E-state index is 11.8. The Labute approximate surface area is 146 Å². The zero-order valence-corrected chi connectivity index (χ0v) is 14.1. The second kappa shape index (κ2) is 6.69. The number of nitrogens with zero attached hydrogens (tertiary/aromatic N) is 3. The lowest BCUT2D eigenvalue weighted by Gasteiger charge is -2.26. The zero-order chi connectivity index (χ0) is 17.2. The summed E-state index contributed by atoms with van der Waals surface area (Å²) >= 11 is 0. The Morgan fingerprint density at radius 2 is 1.88 bits per heavy atom. The van der Waals surface area contributed by atoms with Crippen LogP contribution in [0.1, 0.15) is 11.1 Å². The van der Waals surface area contributed by atoms with Crippen molar-refractivity contribution in [2.75, 3.05) is 19.7 Å². The predicted octanol–water partition coefficient (Wildman–Crippen LogP) is 1.76. The molecule has 0 saturated heterocycles. The lowest BCUT2D eigenvalue weighted by Crippen LogP contribution is -2.26. The molecule has 0 atom stereocenters. The number of aromatic nitrogens is 2. The minimum atomic E-state index is -0.190. The van der Waals surface area contributed by atoms with Gasteiger partial charge in [-0.25, -0.2) is 4.68 Å². The van der Waals surface area contributed by atoms with E-state index in [1.807, 2.05) is 0 Å². The standard InChI is InChI=1S/C20H21N3O2/c24-13-12-23-20(25)7-6-19(21-23)17-5-4-15-8-10-22(18-2-1-3-18)11-9-16(15)14-17/h1-7,14,24H,8-13H2. The first-order valence-electron chi connectivity index (χ1n) is 8.69. The van der Waals surface area contributed by atoms with Crippen LogP contribution in [-0.2, 0) is 19.4 Å². The molecule has 1 aliphatic carbocycles. The summed E-state index contributed by atoms with van der Waals surface area (Å²) in [6, 6.07) is 9.72. The number of aliphatic hydroxyl groups excluding tert-OH is 1. The van der Waals surface area contributed by atoms with Gasteiger partial charge in [-0.2, -0.15) is 5.10 Å². The van der Waals surface area contributed by atoms with E-state index in [4.69, 9.17) is 5.11 Å². The molecule has 5 heteroatoms. The summed E-state index contributed by atoms with van der Waals surface area (Å²) in [5, 5.41) is 13.5. The maximum Gasteiger partial charge on any atom is 0.266 e. The van der Waals surface area contributed by atoms with Crippen LogP contribution >= 0.6 is 0 Å². The Hall–Kier alpha value is -2.66. The van der Waals surface area contributed by atoms with E-state index in [0.717, 1.165) is 37.2 Å². The quantitative estimate of drug-likeness (QED) is 0.925. The van der Waals surface area contributed by atoms with Crippen molar-refractivity contribution in [3.05, 3.63) is 75.7 Å². The zero-order valence-electron chi connectivity index (χ0n) is 14.1. The molecule has 25 heavy (non-hydrogen) atoms. The molecule has 1 aliphatic heterocycles. The second-order valence-electron chi connectivity index (χ2n) is 6.42. The summed E-state index contributed by atoms with van der Waals surface area (Å²) in [4.78, 5) is 14.2. The lowest BCUT2D eigenvalue weighted by atomic mass is 9.99. The minimum absolute atomic E-state index is 0.0965. The van der Waals surface area contributed by atoms with Gasteiger partial charge in [0.05, 0.1) is 18.8 Å². The number of aliphatic hydroxyl groups is 1. The number of hydrogen-bond acceptors (Lipinski definition) is 4. The lowest BCUT2D eigenvalue weighted by molar-refractivity contribution is 0.266. The average Bonchev–Trinajstić information content (AvgIpc) is 2.78. The summed E-state index contributed by atoms with van der Waals surface area (Å²) < 4.78 is 1.32. The Morgan fingerprint density at radius 3 is 2.60 bits per heavy atom. The molecule has 0 amide bonds. The van der Waals surface area contributed by atoms with Gasteiger partial charge in [-0.15, -0.1) is 0 Å². The van der Waals surface area contributed by atoms with Crippen molar-refractivity contribution >= 4 is 0 Å². The van der Waals surface area contributed by atoms with E-state index >= 15 is 0 Å². The van der Waals surface area contributed by atoms with Gasteiger partial charge < -0.3 is 10.0 Å². The number of benzene rings is 1. The van der Waals surface area contributed by atoms with E-state index in [1.54, 1.807) is 6.07 Å². The fourth-order valence-corrected chi connectivity index (χ4v) is 3.39. The molecule has 2 aromatic rings. The molecule has 4 rings (SSSR count). The van der Waals surface area contributed by atoms with E-state index in [-0.39, 0.29) is 18.7 Å². The van der Waals surface area contributed by atoms with Gasteiger partial charge in [-0.1, -0.05) is 18.2 Å². The van der Waals surface area contributed by atoms with Crippen LogP contribution in [0.2, 0.25) is 0 Å².